The minimum absolute atomic E-state index is 0.0332. The number of carbonyl (C=O) groups is 1. The number of phenols is 2. The Morgan fingerprint density at radius 1 is 1.36 bits per heavy atom. The summed E-state index contributed by atoms with van der Waals surface area (Å²) < 4.78 is 5.26. The quantitative estimate of drug-likeness (QED) is 0.441. The molecule has 0 aliphatic heterocycles. The van der Waals surface area contributed by atoms with Crippen molar-refractivity contribution in [3.63, 3.8) is 0 Å². The molecule has 22 heavy (non-hydrogen) atoms. The highest BCUT2D eigenvalue weighted by Crippen LogP contribution is 2.25. The number of hydrogen-bond donors (Lipinski definition) is 3. The van der Waals surface area contributed by atoms with Gasteiger partial charge >= 0.3 is 0 Å². The van der Waals surface area contributed by atoms with E-state index in [-0.39, 0.29) is 28.7 Å². The number of aliphatic hydroxyl groups is 1. The molecule has 1 aliphatic rings. The number of ketones is 1. The molecule has 0 heterocycles. The van der Waals surface area contributed by atoms with Crippen LogP contribution in [0.25, 0.3) is 0 Å². The van der Waals surface area contributed by atoms with Gasteiger partial charge in [-0.3, -0.25) is 4.79 Å². The molecular weight excluding hydrogens is 284 g/mol. The topological polar surface area (TPSA) is 87.0 Å². The van der Waals surface area contributed by atoms with Gasteiger partial charge in [0.25, 0.3) is 0 Å². The van der Waals surface area contributed by atoms with Gasteiger partial charge in [0, 0.05) is 12.3 Å². The normalized spacial score (nSPS) is 18.0. The number of aromatic hydroxyl groups is 2. The van der Waals surface area contributed by atoms with Crippen LogP contribution < -0.4 is 0 Å². The van der Waals surface area contributed by atoms with E-state index in [4.69, 9.17) is 4.74 Å². The molecule has 0 saturated carbocycles. The summed E-state index contributed by atoms with van der Waals surface area (Å²) in [6.45, 7) is 2.31. The van der Waals surface area contributed by atoms with E-state index in [1.165, 1.54) is 24.3 Å². The lowest BCUT2D eigenvalue weighted by Gasteiger charge is -2.16. The van der Waals surface area contributed by atoms with Crippen molar-refractivity contribution in [2.45, 2.75) is 13.3 Å². The molecule has 5 nitrogen and oxygen atoms in total. The summed E-state index contributed by atoms with van der Waals surface area (Å²) in [7, 11) is 0. The first-order valence-electron chi connectivity index (χ1n) is 6.99. The van der Waals surface area contributed by atoms with Crippen LogP contribution in [-0.2, 0) is 4.74 Å². The minimum atomic E-state index is -0.416. The van der Waals surface area contributed by atoms with Crippen molar-refractivity contribution in [3.8, 4) is 11.5 Å². The fourth-order valence-corrected chi connectivity index (χ4v) is 2.14. The van der Waals surface area contributed by atoms with Crippen LogP contribution in [0.4, 0.5) is 0 Å². The molecule has 0 radical (unpaired) electrons. The number of benzene rings is 1. The summed E-state index contributed by atoms with van der Waals surface area (Å²) in [6.07, 6.45) is 6.82. The molecule has 116 valence electrons. The van der Waals surface area contributed by atoms with Crippen molar-refractivity contribution in [2.24, 2.45) is 5.92 Å². The van der Waals surface area contributed by atoms with Gasteiger partial charge in [-0.05, 0) is 37.3 Å². The van der Waals surface area contributed by atoms with Gasteiger partial charge in [-0.15, -0.1) is 0 Å². The Kier molecular flexibility index (Phi) is 4.88. The smallest absolute Gasteiger partial charge is 0.189 e. The SMILES string of the molecule is CCOC1=C(O)CC(/C=C/C(=O)c2cc(O)ccc2O)C=C1. The molecule has 0 aromatic heterocycles. The molecular formula is C17H18O5. The second kappa shape index (κ2) is 6.85. The average Bonchev–Trinajstić information content (AvgIpc) is 2.50. The lowest BCUT2D eigenvalue weighted by atomic mass is 9.97. The van der Waals surface area contributed by atoms with Crippen molar-refractivity contribution < 1.29 is 24.9 Å². The number of phenolic OH excluding ortho intramolecular Hbond substituents is 2. The molecule has 5 heteroatoms. The standard InChI is InChI=1S/C17H18O5/c1-2-22-17-8-4-11(9-16(17)21)3-6-14(19)13-10-12(18)5-7-15(13)20/h3-8,10-11,18,20-21H,2,9H2,1H3/b6-3+. The van der Waals surface area contributed by atoms with E-state index in [2.05, 4.69) is 0 Å². The van der Waals surface area contributed by atoms with Gasteiger partial charge in [-0.25, -0.2) is 0 Å². The summed E-state index contributed by atoms with van der Waals surface area (Å²) in [5.41, 5.74) is 0.0332. The number of rotatable bonds is 5. The Bertz CT molecular complexity index is 655. The van der Waals surface area contributed by atoms with Crippen LogP contribution >= 0.6 is 0 Å². The van der Waals surface area contributed by atoms with Crippen LogP contribution in [0.15, 0.2) is 54.0 Å². The summed E-state index contributed by atoms with van der Waals surface area (Å²) in [5, 5.41) is 28.8. The maximum atomic E-state index is 12.0. The van der Waals surface area contributed by atoms with Crippen LogP contribution in [0.3, 0.4) is 0 Å². The minimum Gasteiger partial charge on any atom is -0.508 e. The second-order valence-electron chi connectivity index (χ2n) is 4.90. The Balaban J connectivity index is 2.06. The third-order valence-corrected chi connectivity index (χ3v) is 3.25. The number of aliphatic hydroxyl groups excluding tert-OH is 1. The largest absolute Gasteiger partial charge is 0.508 e. The van der Waals surface area contributed by atoms with Gasteiger partial charge in [0.1, 0.15) is 17.3 Å². The lowest BCUT2D eigenvalue weighted by molar-refractivity contribution is 0.104. The zero-order valence-electron chi connectivity index (χ0n) is 12.2. The first kappa shape index (κ1) is 15.7. The molecule has 1 atom stereocenters. The highest BCUT2D eigenvalue weighted by molar-refractivity contribution is 6.06. The Hall–Kier alpha value is -2.69. The zero-order valence-corrected chi connectivity index (χ0v) is 12.2. The van der Waals surface area contributed by atoms with Crippen LogP contribution in [-0.4, -0.2) is 27.7 Å². The predicted octanol–water partition coefficient (Wildman–Crippen LogP) is 3.22. The van der Waals surface area contributed by atoms with Gasteiger partial charge < -0.3 is 20.1 Å². The van der Waals surface area contributed by atoms with Gasteiger partial charge in [0.2, 0.25) is 0 Å². The number of carbonyl (C=O) groups excluding carboxylic acids is 1. The molecule has 1 unspecified atom stereocenters. The van der Waals surface area contributed by atoms with Gasteiger partial charge in [0.05, 0.1) is 12.2 Å². The van der Waals surface area contributed by atoms with Crippen molar-refractivity contribution in [3.05, 3.63) is 59.6 Å². The third-order valence-electron chi connectivity index (χ3n) is 3.25. The molecule has 2 rings (SSSR count). The average molecular weight is 302 g/mol. The van der Waals surface area contributed by atoms with Gasteiger partial charge in [-0.1, -0.05) is 12.2 Å². The maximum absolute atomic E-state index is 12.0. The molecule has 1 aliphatic carbocycles. The monoisotopic (exact) mass is 302 g/mol. The molecule has 0 amide bonds. The van der Waals surface area contributed by atoms with Crippen molar-refractivity contribution in [1.82, 2.24) is 0 Å². The van der Waals surface area contributed by atoms with E-state index < -0.39 is 5.78 Å². The van der Waals surface area contributed by atoms with Crippen molar-refractivity contribution in [1.29, 1.82) is 0 Å². The molecule has 1 aromatic carbocycles. The Labute approximate surface area is 128 Å². The van der Waals surface area contributed by atoms with E-state index in [0.29, 0.717) is 18.8 Å². The van der Waals surface area contributed by atoms with E-state index >= 15 is 0 Å². The molecule has 0 fully saturated rings. The highest BCUT2D eigenvalue weighted by atomic mass is 16.5. The van der Waals surface area contributed by atoms with Crippen molar-refractivity contribution in [2.75, 3.05) is 6.61 Å². The first-order valence-corrected chi connectivity index (χ1v) is 6.99. The van der Waals surface area contributed by atoms with Crippen LogP contribution in [0.5, 0.6) is 11.5 Å². The molecule has 3 N–H and O–H groups in total. The summed E-state index contributed by atoms with van der Waals surface area (Å²) in [4.78, 5) is 12.0. The van der Waals surface area contributed by atoms with Crippen LogP contribution in [0, 0.1) is 5.92 Å². The van der Waals surface area contributed by atoms with Crippen LogP contribution in [0.1, 0.15) is 23.7 Å². The third kappa shape index (κ3) is 3.69. The van der Waals surface area contributed by atoms with E-state index in [1.807, 2.05) is 13.0 Å². The zero-order chi connectivity index (χ0) is 16.1. The summed E-state index contributed by atoms with van der Waals surface area (Å²) in [5.74, 6) is -0.230. The lowest BCUT2D eigenvalue weighted by Crippen LogP contribution is -2.06. The first-order chi connectivity index (χ1) is 10.5. The summed E-state index contributed by atoms with van der Waals surface area (Å²) >= 11 is 0. The highest BCUT2D eigenvalue weighted by Gasteiger charge is 2.15. The number of hydrogen-bond acceptors (Lipinski definition) is 5. The number of allylic oxidation sites excluding steroid dienone is 5. The summed E-state index contributed by atoms with van der Waals surface area (Å²) in [6, 6.07) is 3.78. The van der Waals surface area contributed by atoms with E-state index in [9.17, 15) is 20.1 Å². The Morgan fingerprint density at radius 2 is 2.14 bits per heavy atom. The van der Waals surface area contributed by atoms with Crippen LogP contribution in [0.2, 0.25) is 0 Å². The van der Waals surface area contributed by atoms with Crippen molar-refractivity contribution >= 4 is 5.78 Å². The number of ether oxygens (including phenoxy) is 1. The molecule has 0 bridgehead atoms. The fourth-order valence-electron chi connectivity index (χ4n) is 2.14. The molecule has 0 saturated heterocycles. The van der Waals surface area contributed by atoms with Gasteiger partial charge in [0.15, 0.2) is 11.5 Å². The van der Waals surface area contributed by atoms with E-state index in [1.54, 1.807) is 12.2 Å². The molecule has 1 aromatic rings. The van der Waals surface area contributed by atoms with Gasteiger partial charge in [-0.2, -0.15) is 0 Å². The molecule has 0 spiro atoms. The Morgan fingerprint density at radius 3 is 2.82 bits per heavy atom. The predicted molar refractivity (Wildman–Crippen MR) is 81.8 cm³/mol. The second-order valence-corrected chi connectivity index (χ2v) is 4.90. The fraction of sp³-hybridized carbons (Fsp3) is 0.235. The van der Waals surface area contributed by atoms with E-state index in [0.717, 1.165) is 0 Å². The maximum Gasteiger partial charge on any atom is 0.189 e.